The van der Waals surface area contributed by atoms with E-state index in [1.54, 1.807) is 0 Å². The summed E-state index contributed by atoms with van der Waals surface area (Å²) in [5.74, 6) is 0.564. The first kappa shape index (κ1) is 9.47. The van der Waals surface area contributed by atoms with Crippen molar-refractivity contribution in [3.05, 3.63) is 0 Å². The number of hydrazone groups is 1. The van der Waals surface area contributed by atoms with Crippen LogP contribution in [0.5, 0.6) is 0 Å². The molecule has 60 valence electrons. The highest BCUT2D eigenvalue weighted by Gasteiger charge is 1.97. The molecule has 0 heterocycles. The predicted molar refractivity (Wildman–Crippen MR) is 46.3 cm³/mol. The summed E-state index contributed by atoms with van der Waals surface area (Å²) in [5, 5.41) is 6.30. The van der Waals surface area contributed by atoms with Gasteiger partial charge in [0, 0.05) is 19.3 Å². The van der Waals surface area contributed by atoms with Crippen LogP contribution in [0.1, 0.15) is 27.7 Å². The van der Waals surface area contributed by atoms with Crippen LogP contribution in [0.15, 0.2) is 5.10 Å². The van der Waals surface area contributed by atoms with Crippen LogP contribution in [0, 0.1) is 5.92 Å². The van der Waals surface area contributed by atoms with Crippen molar-refractivity contribution in [1.82, 2.24) is 5.01 Å². The SMILES string of the molecule is CCN(C)N=C(C)C(C)C. The largest absolute Gasteiger partial charge is 0.300 e. The summed E-state index contributed by atoms with van der Waals surface area (Å²) < 4.78 is 0. The van der Waals surface area contributed by atoms with Gasteiger partial charge >= 0.3 is 0 Å². The van der Waals surface area contributed by atoms with Gasteiger partial charge in [0.25, 0.3) is 0 Å². The van der Waals surface area contributed by atoms with E-state index in [2.05, 4.69) is 32.8 Å². The zero-order chi connectivity index (χ0) is 8.15. The van der Waals surface area contributed by atoms with Gasteiger partial charge in [-0.2, -0.15) is 5.10 Å². The lowest BCUT2D eigenvalue weighted by Gasteiger charge is -2.12. The van der Waals surface area contributed by atoms with Gasteiger partial charge in [-0.15, -0.1) is 0 Å². The van der Waals surface area contributed by atoms with E-state index in [9.17, 15) is 0 Å². The molecule has 0 saturated heterocycles. The van der Waals surface area contributed by atoms with E-state index >= 15 is 0 Å². The fourth-order valence-corrected chi connectivity index (χ4v) is 0.455. The standard InChI is InChI=1S/C8H18N2/c1-6-10(5)9-8(4)7(2)3/h7H,6H2,1-5H3. The molecule has 0 fully saturated rings. The molecule has 0 radical (unpaired) electrons. The van der Waals surface area contributed by atoms with E-state index in [1.165, 1.54) is 5.71 Å². The van der Waals surface area contributed by atoms with Gasteiger partial charge < -0.3 is 5.01 Å². The Balaban J connectivity index is 3.89. The number of nitrogens with zero attached hydrogens (tertiary/aromatic N) is 2. The van der Waals surface area contributed by atoms with Gasteiger partial charge in [0.1, 0.15) is 0 Å². The van der Waals surface area contributed by atoms with Gasteiger partial charge in [-0.05, 0) is 19.8 Å². The lowest BCUT2D eigenvalue weighted by molar-refractivity contribution is 0.372. The van der Waals surface area contributed by atoms with Gasteiger partial charge in [0.2, 0.25) is 0 Å². The highest BCUT2D eigenvalue weighted by atomic mass is 15.4. The quantitative estimate of drug-likeness (QED) is 0.434. The molecule has 0 aromatic rings. The maximum atomic E-state index is 4.34. The second-order valence-electron chi connectivity index (χ2n) is 2.87. The van der Waals surface area contributed by atoms with E-state index in [-0.39, 0.29) is 0 Å². The summed E-state index contributed by atoms with van der Waals surface area (Å²) in [6, 6.07) is 0. The Morgan fingerprint density at radius 3 is 2.30 bits per heavy atom. The third-order valence-corrected chi connectivity index (χ3v) is 1.62. The Kier molecular flexibility index (Phi) is 4.08. The van der Waals surface area contributed by atoms with Crippen LogP contribution < -0.4 is 0 Å². The second kappa shape index (κ2) is 4.31. The minimum absolute atomic E-state index is 0.564. The smallest absolute Gasteiger partial charge is 0.0375 e. The fourth-order valence-electron chi connectivity index (χ4n) is 0.455. The maximum Gasteiger partial charge on any atom is 0.0375 e. The minimum atomic E-state index is 0.564. The molecule has 0 N–H and O–H groups in total. The highest BCUT2D eigenvalue weighted by Crippen LogP contribution is 1.97. The molecule has 2 nitrogen and oxygen atoms in total. The van der Waals surface area contributed by atoms with E-state index < -0.39 is 0 Å². The van der Waals surface area contributed by atoms with Crippen LogP contribution in [-0.4, -0.2) is 24.3 Å². The summed E-state index contributed by atoms with van der Waals surface area (Å²) >= 11 is 0. The Morgan fingerprint density at radius 2 is 2.00 bits per heavy atom. The van der Waals surface area contributed by atoms with E-state index in [1.807, 2.05) is 12.1 Å². The van der Waals surface area contributed by atoms with E-state index in [0.29, 0.717) is 5.92 Å². The van der Waals surface area contributed by atoms with Crippen LogP contribution in [0.25, 0.3) is 0 Å². The molecule has 2 heteroatoms. The summed E-state index contributed by atoms with van der Waals surface area (Å²) in [4.78, 5) is 0. The van der Waals surface area contributed by atoms with Gasteiger partial charge in [0.05, 0.1) is 0 Å². The Bertz CT molecular complexity index is 116. The van der Waals surface area contributed by atoms with Crippen molar-refractivity contribution in [1.29, 1.82) is 0 Å². The molecular weight excluding hydrogens is 124 g/mol. The van der Waals surface area contributed by atoms with Crippen LogP contribution in [-0.2, 0) is 0 Å². The Hall–Kier alpha value is -0.530. The van der Waals surface area contributed by atoms with Gasteiger partial charge in [-0.3, -0.25) is 0 Å². The Labute approximate surface area is 63.9 Å². The molecule has 0 saturated carbocycles. The molecule has 0 atom stereocenters. The molecule has 0 aliphatic heterocycles. The molecule has 0 bridgehead atoms. The molecule has 0 aromatic carbocycles. The minimum Gasteiger partial charge on any atom is -0.300 e. The summed E-state index contributed by atoms with van der Waals surface area (Å²) in [7, 11) is 1.99. The first-order valence-corrected chi connectivity index (χ1v) is 3.84. The normalized spacial score (nSPS) is 12.4. The monoisotopic (exact) mass is 142 g/mol. The molecule has 0 aromatic heterocycles. The van der Waals surface area contributed by atoms with Gasteiger partial charge in [-0.25, -0.2) is 0 Å². The lowest BCUT2D eigenvalue weighted by atomic mass is 10.1. The third kappa shape index (κ3) is 3.49. The predicted octanol–water partition coefficient (Wildman–Crippen LogP) is 1.97. The molecule has 10 heavy (non-hydrogen) atoms. The number of hydrogen-bond donors (Lipinski definition) is 0. The van der Waals surface area contributed by atoms with Crippen LogP contribution in [0.4, 0.5) is 0 Å². The van der Waals surface area contributed by atoms with Crippen molar-refractivity contribution < 1.29 is 0 Å². The fraction of sp³-hybridized carbons (Fsp3) is 0.875. The Morgan fingerprint density at radius 1 is 1.50 bits per heavy atom. The van der Waals surface area contributed by atoms with Crippen LogP contribution in [0.2, 0.25) is 0 Å². The summed E-state index contributed by atoms with van der Waals surface area (Å²) in [6.45, 7) is 9.45. The molecule has 0 spiro atoms. The zero-order valence-corrected chi connectivity index (χ0v) is 7.68. The van der Waals surface area contributed by atoms with Crippen molar-refractivity contribution in [2.45, 2.75) is 27.7 Å². The van der Waals surface area contributed by atoms with E-state index in [4.69, 9.17) is 0 Å². The van der Waals surface area contributed by atoms with Crippen molar-refractivity contribution in [3.63, 3.8) is 0 Å². The van der Waals surface area contributed by atoms with Crippen molar-refractivity contribution in [2.24, 2.45) is 11.0 Å². The molecule has 0 aliphatic carbocycles. The summed E-state index contributed by atoms with van der Waals surface area (Å²) in [5.41, 5.74) is 1.20. The molecule has 0 unspecified atom stereocenters. The molecule has 0 aliphatic rings. The van der Waals surface area contributed by atoms with Crippen molar-refractivity contribution in [2.75, 3.05) is 13.6 Å². The topological polar surface area (TPSA) is 15.6 Å². The zero-order valence-electron chi connectivity index (χ0n) is 7.68. The van der Waals surface area contributed by atoms with Crippen molar-refractivity contribution >= 4 is 5.71 Å². The average molecular weight is 142 g/mol. The lowest BCUT2D eigenvalue weighted by Crippen LogP contribution is -2.14. The maximum absolute atomic E-state index is 4.34. The van der Waals surface area contributed by atoms with E-state index in [0.717, 1.165) is 6.54 Å². The highest BCUT2D eigenvalue weighted by molar-refractivity contribution is 5.83. The average Bonchev–Trinajstić information content (AvgIpc) is 1.87. The van der Waals surface area contributed by atoms with Crippen molar-refractivity contribution in [3.8, 4) is 0 Å². The van der Waals surface area contributed by atoms with Gasteiger partial charge in [-0.1, -0.05) is 13.8 Å². The molecule has 0 rings (SSSR count). The first-order chi connectivity index (χ1) is 4.57. The number of hydrogen-bond acceptors (Lipinski definition) is 2. The first-order valence-electron chi connectivity index (χ1n) is 3.84. The van der Waals surface area contributed by atoms with Crippen LogP contribution >= 0.6 is 0 Å². The van der Waals surface area contributed by atoms with Crippen LogP contribution in [0.3, 0.4) is 0 Å². The molecular formula is C8H18N2. The second-order valence-corrected chi connectivity index (χ2v) is 2.87. The molecule has 0 amide bonds. The third-order valence-electron chi connectivity index (χ3n) is 1.62. The van der Waals surface area contributed by atoms with Gasteiger partial charge in [0.15, 0.2) is 0 Å². The summed E-state index contributed by atoms with van der Waals surface area (Å²) in [6.07, 6.45) is 0. The number of rotatable bonds is 3.